The molecule has 0 aliphatic rings. The highest BCUT2D eigenvalue weighted by Crippen LogP contribution is 1.98. The molecule has 5 nitrogen and oxygen atoms in total. The Kier molecular flexibility index (Phi) is 2.93. The molecule has 0 aliphatic carbocycles. The molecule has 66 valence electrons. The van der Waals surface area contributed by atoms with Gasteiger partial charge in [0.15, 0.2) is 0 Å². The predicted molar refractivity (Wildman–Crippen MR) is 39.9 cm³/mol. The molecule has 1 rings (SSSR count). The van der Waals surface area contributed by atoms with E-state index in [4.69, 9.17) is 9.15 Å². The summed E-state index contributed by atoms with van der Waals surface area (Å²) in [6.07, 6.45) is 0. The summed E-state index contributed by atoms with van der Waals surface area (Å²) in [6.45, 7) is 3.94. The second-order valence-electron chi connectivity index (χ2n) is 2.19. The summed E-state index contributed by atoms with van der Waals surface area (Å²) in [5.74, 6) is 0.119. The highest BCUT2D eigenvalue weighted by molar-refractivity contribution is 5.92. The summed E-state index contributed by atoms with van der Waals surface area (Å²) in [7, 11) is 0. The van der Waals surface area contributed by atoms with Gasteiger partial charge in [0.2, 0.25) is 11.7 Å². The van der Waals surface area contributed by atoms with E-state index in [9.17, 15) is 4.79 Å². The molecule has 5 heteroatoms. The predicted octanol–water partition coefficient (Wildman–Crippen LogP) is 0.597. The van der Waals surface area contributed by atoms with E-state index < -0.39 is 0 Å². The number of hydrogen-bond donors (Lipinski definition) is 0. The van der Waals surface area contributed by atoms with E-state index in [0.29, 0.717) is 12.5 Å². The van der Waals surface area contributed by atoms with Crippen molar-refractivity contribution in [2.45, 2.75) is 13.8 Å². The first-order valence-corrected chi connectivity index (χ1v) is 3.65. The number of rotatable bonds is 4. The minimum absolute atomic E-state index is 0.00185. The van der Waals surface area contributed by atoms with Crippen LogP contribution in [-0.2, 0) is 4.74 Å². The van der Waals surface area contributed by atoms with Gasteiger partial charge >= 0.3 is 0 Å². The van der Waals surface area contributed by atoms with E-state index in [0.717, 1.165) is 0 Å². The number of aryl methyl sites for hydroxylation is 1. The Morgan fingerprint density at radius 2 is 2.33 bits per heavy atom. The van der Waals surface area contributed by atoms with Crippen LogP contribution in [0, 0.1) is 6.92 Å². The van der Waals surface area contributed by atoms with Gasteiger partial charge in [0.05, 0.1) is 0 Å². The Morgan fingerprint density at radius 3 is 2.83 bits per heavy atom. The summed E-state index contributed by atoms with van der Waals surface area (Å²) in [5.41, 5.74) is 0. The fourth-order valence-corrected chi connectivity index (χ4v) is 0.666. The van der Waals surface area contributed by atoms with E-state index in [-0.39, 0.29) is 18.3 Å². The number of Topliss-reactive ketones (excluding diaryl/α,β-unsaturated/α-hetero) is 1. The maximum Gasteiger partial charge on any atom is 0.286 e. The molecule has 0 spiro atoms. The topological polar surface area (TPSA) is 65.2 Å². The molecule has 0 fully saturated rings. The van der Waals surface area contributed by atoms with E-state index in [1.165, 1.54) is 0 Å². The maximum absolute atomic E-state index is 11.1. The first-order valence-electron chi connectivity index (χ1n) is 3.65. The summed E-state index contributed by atoms with van der Waals surface area (Å²) in [6, 6.07) is 0. The van der Waals surface area contributed by atoms with Crippen molar-refractivity contribution in [3.8, 4) is 0 Å². The number of ketones is 1. The van der Waals surface area contributed by atoms with Crippen LogP contribution in [0.15, 0.2) is 4.42 Å². The van der Waals surface area contributed by atoms with E-state index >= 15 is 0 Å². The van der Waals surface area contributed by atoms with E-state index in [1.54, 1.807) is 6.92 Å². The number of aromatic nitrogens is 2. The second-order valence-corrected chi connectivity index (χ2v) is 2.19. The quantitative estimate of drug-likeness (QED) is 0.619. The Bertz CT molecular complexity index is 269. The molecular formula is C7H10N2O3. The van der Waals surface area contributed by atoms with Crippen LogP contribution in [0.3, 0.4) is 0 Å². The van der Waals surface area contributed by atoms with Gasteiger partial charge in [0.1, 0.15) is 6.61 Å². The molecule has 0 saturated heterocycles. The van der Waals surface area contributed by atoms with Crippen molar-refractivity contribution in [3.05, 3.63) is 11.8 Å². The minimum atomic E-state index is -0.280. The third kappa shape index (κ3) is 2.13. The Labute approximate surface area is 69.7 Å². The van der Waals surface area contributed by atoms with Crippen LogP contribution in [0.4, 0.5) is 0 Å². The monoisotopic (exact) mass is 170 g/mol. The summed E-state index contributed by atoms with van der Waals surface area (Å²) >= 11 is 0. The van der Waals surface area contributed by atoms with Gasteiger partial charge < -0.3 is 9.15 Å². The first kappa shape index (κ1) is 8.86. The standard InChI is InChI=1S/C7H10N2O3/c1-3-11-4-6(10)7-9-8-5(2)12-7/h3-4H2,1-2H3. The molecular weight excluding hydrogens is 160 g/mol. The van der Waals surface area contributed by atoms with Crippen LogP contribution in [0.5, 0.6) is 0 Å². The zero-order valence-electron chi connectivity index (χ0n) is 7.03. The summed E-state index contributed by atoms with van der Waals surface area (Å²) < 4.78 is 9.77. The van der Waals surface area contributed by atoms with Crippen LogP contribution < -0.4 is 0 Å². The molecule has 0 unspecified atom stereocenters. The number of carbonyl (C=O) groups is 1. The van der Waals surface area contributed by atoms with Crippen LogP contribution in [0.2, 0.25) is 0 Å². The van der Waals surface area contributed by atoms with Gasteiger partial charge in [0, 0.05) is 13.5 Å². The lowest BCUT2D eigenvalue weighted by Crippen LogP contribution is -2.09. The van der Waals surface area contributed by atoms with Crippen LogP contribution in [0.1, 0.15) is 23.5 Å². The zero-order chi connectivity index (χ0) is 8.97. The average molecular weight is 170 g/mol. The molecule has 0 amide bonds. The molecule has 1 aromatic rings. The van der Waals surface area contributed by atoms with Gasteiger partial charge in [0.25, 0.3) is 5.89 Å². The SMILES string of the molecule is CCOCC(=O)c1nnc(C)o1. The Morgan fingerprint density at radius 1 is 1.58 bits per heavy atom. The molecule has 0 saturated carbocycles. The summed E-state index contributed by atoms with van der Waals surface area (Å²) in [5, 5.41) is 7.08. The molecule has 1 aromatic heterocycles. The fraction of sp³-hybridized carbons (Fsp3) is 0.571. The average Bonchev–Trinajstić information content (AvgIpc) is 2.47. The van der Waals surface area contributed by atoms with Gasteiger partial charge in [-0.1, -0.05) is 0 Å². The highest BCUT2D eigenvalue weighted by atomic mass is 16.5. The molecule has 0 aromatic carbocycles. The molecule has 1 heterocycles. The van der Waals surface area contributed by atoms with Crippen molar-refractivity contribution in [1.82, 2.24) is 10.2 Å². The number of nitrogens with zero attached hydrogens (tertiary/aromatic N) is 2. The van der Waals surface area contributed by atoms with E-state index in [2.05, 4.69) is 10.2 Å². The molecule has 0 atom stereocenters. The first-order chi connectivity index (χ1) is 5.74. The van der Waals surface area contributed by atoms with Crippen molar-refractivity contribution < 1.29 is 13.9 Å². The zero-order valence-corrected chi connectivity index (χ0v) is 7.03. The van der Waals surface area contributed by atoms with Crippen LogP contribution >= 0.6 is 0 Å². The molecule has 0 bridgehead atoms. The van der Waals surface area contributed by atoms with Crippen molar-refractivity contribution in [1.29, 1.82) is 0 Å². The lowest BCUT2D eigenvalue weighted by molar-refractivity contribution is 0.0748. The van der Waals surface area contributed by atoms with Gasteiger partial charge in [-0.2, -0.15) is 0 Å². The number of carbonyl (C=O) groups excluding carboxylic acids is 1. The third-order valence-electron chi connectivity index (χ3n) is 1.20. The Hall–Kier alpha value is -1.23. The number of hydrogen-bond acceptors (Lipinski definition) is 5. The smallest absolute Gasteiger partial charge is 0.286 e. The third-order valence-corrected chi connectivity index (χ3v) is 1.20. The van der Waals surface area contributed by atoms with Crippen molar-refractivity contribution in [2.75, 3.05) is 13.2 Å². The molecule has 0 aliphatic heterocycles. The largest absolute Gasteiger partial charge is 0.419 e. The Balaban J connectivity index is 2.53. The van der Waals surface area contributed by atoms with Crippen molar-refractivity contribution >= 4 is 5.78 Å². The van der Waals surface area contributed by atoms with Gasteiger partial charge in [-0.25, -0.2) is 0 Å². The van der Waals surface area contributed by atoms with Crippen molar-refractivity contribution in [2.24, 2.45) is 0 Å². The van der Waals surface area contributed by atoms with Crippen LogP contribution in [-0.4, -0.2) is 29.2 Å². The highest BCUT2D eigenvalue weighted by Gasteiger charge is 2.12. The number of ether oxygens (including phenoxy) is 1. The second kappa shape index (κ2) is 3.96. The van der Waals surface area contributed by atoms with Crippen LogP contribution in [0.25, 0.3) is 0 Å². The van der Waals surface area contributed by atoms with Gasteiger partial charge in [-0.3, -0.25) is 4.79 Å². The van der Waals surface area contributed by atoms with Gasteiger partial charge in [-0.15, -0.1) is 10.2 Å². The lowest BCUT2D eigenvalue weighted by atomic mass is 10.4. The maximum atomic E-state index is 11.1. The normalized spacial score (nSPS) is 10.2. The lowest BCUT2D eigenvalue weighted by Gasteiger charge is -1.94. The van der Waals surface area contributed by atoms with E-state index in [1.807, 2.05) is 6.92 Å². The minimum Gasteiger partial charge on any atom is -0.419 e. The molecule has 12 heavy (non-hydrogen) atoms. The molecule has 0 radical (unpaired) electrons. The van der Waals surface area contributed by atoms with Gasteiger partial charge in [-0.05, 0) is 6.92 Å². The summed E-state index contributed by atoms with van der Waals surface area (Å²) in [4.78, 5) is 11.1. The fourth-order valence-electron chi connectivity index (χ4n) is 0.666. The molecule has 0 N–H and O–H groups in total. The van der Waals surface area contributed by atoms with Crippen molar-refractivity contribution in [3.63, 3.8) is 0 Å².